The van der Waals surface area contributed by atoms with Gasteiger partial charge in [-0.05, 0) is 72.9 Å². The maximum atomic E-state index is 15.2. The summed E-state index contributed by atoms with van der Waals surface area (Å²) in [5.74, 6) is -11.8. The van der Waals surface area contributed by atoms with Crippen LogP contribution in [-0.2, 0) is 48.6 Å². The van der Waals surface area contributed by atoms with Crippen molar-refractivity contribution >= 4 is 151 Å². The molecule has 10 rings (SSSR count). The minimum Gasteiger partial charge on any atom is -0.477 e. The normalized spacial score (nSPS) is 26.4. The highest BCUT2D eigenvalue weighted by Crippen LogP contribution is 2.49. The number of carboxylic acid groups (broad SMARTS) is 1. The fourth-order valence-electron chi connectivity index (χ4n) is 11.8. The molecule has 36 nitrogen and oxygen atoms in total. The molecule has 5 aromatic rings. The zero-order chi connectivity index (χ0) is 81.2. The second-order valence-electron chi connectivity index (χ2n) is 26.2. The molecule has 1 fully saturated rings. The van der Waals surface area contributed by atoms with Gasteiger partial charge in [0, 0.05) is 32.8 Å². The molecule has 586 valence electrons. The van der Waals surface area contributed by atoms with Crippen LogP contribution in [0.1, 0.15) is 177 Å². The third-order valence-corrected chi connectivity index (χ3v) is 23.5. The Morgan fingerprint density at radius 1 is 0.757 bits per heavy atom. The Morgan fingerprint density at radius 2 is 1.42 bits per heavy atom. The molecule has 0 aromatic carbocycles. The highest BCUT2D eigenvalue weighted by atomic mass is 32.2. The molecule has 4 aliphatic heterocycles. The number of aliphatic imine (C=N–C) groups is 1. The molecule has 9 heterocycles. The first-order chi connectivity index (χ1) is 52.3. The quantitative estimate of drug-likeness (QED) is 0.0526. The van der Waals surface area contributed by atoms with Gasteiger partial charge in [0.1, 0.15) is 106 Å². The zero-order valence-corrected chi connectivity index (χ0v) is 64.9. The molecule has 5 aliphatic rings. The number of rotatable bonds is 10. The van der Waals surface area contributed by atoms with Gasteiger partial charge in [-0.25, -0.2) is 34.5 Å². The second-order valence-corrected chi connectivity index (χ2v) is 31.2. The molecule has 0 unspecified atom stereocenters. The summed E-state index contributed by atoms with van der Waals surface area (Å²) in [5, 5.41) is 105. The predicted octanol–water partition coefficient (Wildman–Crippen LogP) is 0.974. The summed E-state index contributed by atoms with van der Waals surface area (Å²) < 4.78 is 6.30. The van der Waals surface area contributed by atoms with Crippen LogP contribution in [-0.4, -0.2) is 185 Å². The molecule has 0 saturated carbocycles. The lowest BCUT2D eigenvalue weighted by Crippen LogP contribution is -2.58. The Morgan fingerprint density at radius 3 is 2.09 bits per heavy atom. The number of esters is 1. The van der Waals surface area contributed by atoms with Crippen molar-refractivity contribution in [3.05, 3.63) is 172 Å². The highest BCUT2D eigenvalue weighted by molar-refractivity contribution is 8.14. The Balaban J connectivity index is 1.16. The first-order valence-electron chi connectivity index (χ1n) is 33.7. The third kappa shape index (κ3) is 18.2. The number of aliphatic hydroxyl groups excluding tert-OH is 4. The second kappa shape index (κ2) is 34.1. The van der Waals surface area contributed by atoms with E-state index in [0.717, 1.165) is 57.1 Å². The first kappa shape index (κ1) is 83.1. The number of pyridine rings is 1. The van der Waals surface area contributed by atoms with Gasteiger partial charge in [0.2, 0.25) is 17.7 Å². The van der Waals surface area contributed by atoms with Gasteiger partial charge in [0.05, 0.1) is 82.4 Å². The summed E-state index contributed by atoms with van der Waals surface area (Å²) in [6.45, 7) is 27.5. The van der Waals surface area contributed by atoms with Crippen LogP contribution in [0, 0.1) is 0 Å². The number of piperidine rings is 1. The molecule has 111 heavy (non-hydrogen) atoms. The minimum atomic E-state index is -2.14. The van der Waals surface area contributed by atoms with E-state index in [1.807, 2.05) is 5.32 Å². The number of thioether (sulfide) groups is 1. The number of carbonyl (C=O) groups excluding carboxylic acids is 10. The number of ether oxygens (including phenoxy) is 1. The number of amides is 9. The molecule has 13 bridgehead atoms. The molecule has 1 saturated heterocycles. The Hall–Kier alpha value is -10.3. The Labute approximate surface area is 657 Å². The third-order valence-electron chi connectivity index (χ3n) is 18.2. The number of fused-ring (bicyclic) bond motifs is 7. The van der Waals surface area contributed by atoms with Crippen LogP contribution in [0.3, 0.4) is 0 Å². The number of nitrogens with one attached hydrogen (secondary N) is 12. The van der Waals surface area contributed by atoms with E-state index < -0.39 is 189 Å². The number of cyclic esters (lactones) is 1. The molecule has 1 aliphatic carbocycles. The van der Waals surface area contributed by atoms with Gasteiger partial charge in [-0.1, -0.05) is 63.3 Å². The van der Waals surface area contributed by atoms with Crippen LogP contribution >= 0.6 is 69.3 Å². The standard InChI is InChI=1S/C69H76N18O18S6/c1-13-36-61-80-42(21-107-61)58(99)86-50(68(12,104)33(11)90)64-82-44(23-110-64)60(106)85-46-32(10)105-66(103)39-18-35(30(8)88)34-14-15-37(48(91)47(34)76-39)70-24(2)51(92)71-25(3)52(93)72-26(4)53(94)73-28(6)55(96)87-69(67-83-43(22-111-67)57(98)84-45(31(9)89)59(100)78-36)17-16-38(77-49(69)40-19-109-63(46)79-40)62-81-41(20-108-62)56(97)74-27(5)54(95)75-29(7)65(101)102/h13-15,18-20,22-24,30-33,37-38,42,45-46,48-50,70,77,88-91,104H,3-7,16-17,21H2,1-2,8-12H3,(H,71,92)(H,72,93)(H,73,94)(H,74,97)(H,75,95)(H,78,100)(H,84,98)(H,85,106)(H,86,99)(H,87,96)(H,101,102)/b36-13-/t24-,30-,31+,32+,33+,37+,38+,42+,45-,46-,48-,49+,50+,68+,69+/m0/s1. The lowest BCUT2D eigenvalue weighted by Gasteiger charge is -2.45. The van der Waals surface area contributed by atoms with Crippen LogP contribution in [0.15, 0.2) is 112 Å². The Bertz CT molecular complexity index is 4840. The maximum Gasteiger partial charge on any atom is 0.357 e. The van der Waals surface area contributed by atoms with Gasteiger partial charge < -0.3 is 88.5 Å². The number of allylic oxidation sites excluding steroid dienone is 1. The largest absolute Gasteiger partial charge is 0.477 e. The number of carboxylic acids is 1. The topological polar surface area (TPSA) is 540 Å². The van der Waals surface area contributed by atoms with E-state index in [1.54, 1.807) is 6.92 Å². The molecule has 0 radical (unpaired) electrons. The Kier molecular flexibility index (Phi) is 25.5. The zero-order valence-electron chi connectivity index (χ0n) is 60.0. The van der Waals surface area contributed by atoms with Crippen LogP contribution in [0.2, 0.25) is 0 Å². The van der Waals surface area contributed by atoms with Gasteiger partial charge in [-0.3, -0.25) is 58.8 Å². The molecular weight excluding hydrogens is 1560 g/mol. The van der Waals surface area contributed by atoms with Crippen molar-refractivity contribution in [2.75, 3.05) is 5.75 Å². The van der Waals surface area contributed by atoms with Crippen molar-refractivity contribution in [1.82, 2.24) is 88.7 Å². The lowest BCUT2D eigenvalue weighted by atomic mass is 9.78. The molecule has 18 N–H and O–H groups in total. The molecule has 9 amide bonds. The summed E-state index contributed by atoms with van der Waals surface area (Å²) in [6.07, 6.45) is -3.28. The fraction of sp³-hybridized carbons (Fsp3) is 0.362. The van der Waals surface area contributed by atoms with Crippen LogP contribution in [0.25, 0.3) is 6.08 Å². The van der Waals surface area contributed by atoms with Gasteiger partial charge in [-0.2, -0.15) is 0 Å². The van der Waals surface area contributed by atoms with Crippen molar-refractivity contribution in [2.24, 2.45) is 4.99 Å². The summed E-state index contributed by atoms with van der Waals surface area (Å²) >= 11 is 10.8. The lowest BCUT2D eigenvalue weighted by molar-refractivity contribution is -0.134. The van der Waals surface area contributed by atoms with Crippen molar-refractivity contribution < 1.29 is 88.1 Å². The van der Waals surface area contributed by atoms with Crippen molar-refractivity contribution in [3.63, 3.8) is 0 Å². The van der Waals surface area contributed by atoms with E-state index in [2.05, 4.69) is 106 Å². The van der Waals surface area contributed by atoms with E-state index in [9.17, 15) is 78.6 Å². The highest BCUT2D eigenvalue weighted by Gasteiger charge is 2.52. The number of thiazole rings is 4. The van der Waals surface area contributed by atoms with Crippen LogP contribution in [0.5, 0.6) is 0 Å². The average Bonchev–Trinajstić information content (AvgIpc) is 1.69. The molecular formula is C69H76N18O18S6. The number of hydrogen-bond acceptors (Lipinski definition) is 31. The summed E-state index contributed by atoms with van der Waals surface area (Å²) in [6, 6.07) is -9.17. The van der Waals surface area contributed by atoms with Gasteiger partial charge >= 0.3 is 11.9 Å². The number of aromatic nitrogens is 5. The van der Waals surface area contributed by atoms with Gasteiger partial charge in [0.15, 0.2) is 0 Å². The minimum absolute atomic E-state index is 0.0114. The van der Waals surface area contributed by atoms with E-state index in [1.165, 1.54) is 87.4 Å². The van der Waals surface area contributed by atoms with Crippen molar-refractivity contribution in [2.45, 2.75) is 151 Å². The molecule has 15 atom stereocenters. The SMILES string of the molecule is C=C(NC(=O)C(=C)NC(=O)c1csc([C@H]2CC[C@]34NC(=O)C(=C)NC(=O)C(=C)NC(=O)C(=C)NC(=O)[C@H](C)N[C@@H]5C=Cc6c([C@H](C)O)cc(nc6[C@H]5O)C(=O)O[C@H](C)[C@H](NC(=S)c5csc(n5)[C@H]([C@](C)(O)[C@@H](C)O)NC(=O)[C@H]5CSC(=N5)/C(=C/C)NC(=O)[C@H]([C@@H](C)O)NC(=O)c5csc3n5)c3nc(cs3)[C@H]4N2)n1)C(=O)O. The molecule has 5 aromatic heterocycles. The number of thiocarbonyl (C=S) groups is 1. The summed E-state index contributed by atoms with van der Waals surface area (Å²) in [4.78, 5) is 181. The smallest absolute Gasteiger partial charge is 0.357 e. The van der Waals surface area contributed by atoms with Crippen molar-refractivity contribution in [3.8, 4) is 0 Å². The number of carbonyl (C=O) groups is 11. The molecule has 42 heteroatoms. The summed E-state index contributed by atoms with van der Waals surface area (Å²) in [7, 11) is 0. The van der Waals surface area contributed by atoms with E-state index in [4.69, 9.17) is 31.9 Å². The van der Waals surface area contributed by atoms with Crippen LogP contribution < -0.4 is 63.8 Å². The van der Waals surface area contributed by atoms with E-state index in [-0.39, 0.29) is 94.0 Å². The number of aliphatic hydroxyl groups is 5. The summed E-state index contributed by atoms with van der Waals surface area (Å²) in [5.41, 5.74) is -8.13. The first-order valence-corrected chi connectivity index (χ1v) is 38.6. The monoisotopic (exact) mass is 1640 g/mol. The number of aliphatic carboxylic acids is 1. The average molecular weight is 1640 g/mol. The van der Waals surface area contributed by atoms with E-state index >= 15 is 4.79 Å². The van der Waals surface area contributed by atoms with Crippen molar-refractivity contribution in [1.29, 1.82) is 0 Å². The predicted molar refractivity (Wildman–Crippen MR) is 409 cm³/mol. The molecule has 0 spiro atoms. The maximum absolute atomic E-state index is 15.2. The van der Waals surface area contributed by atoms with Gasteiger partial charge in [-0.15, -0.1) is 57.1 Å². The number of nitrogens with zero attached hydrogens (tertiary/aromatic N) is 6. The van der Waals surface area contributed by atoms with Crippen LogP contribution in [0.4, 0.5) is 0 Å². The van der Waals surface area contributed by atoms with Gasteiger partial charge in [0.25, 0.3) is 35.4 Å². The fourth-order valence-corrected chi connectivity index (χ4v) is 17.0. The number of hydrogen-bond donors (Lipinski definition) is 18. The van der Waals surface area contributed by atoms with E-state index in [0.29, 0.717) is 0 Å².